The molecule has 0 fully saturated rings. The molecule has 2 aromatic heterocycles. The molecule has 26 heavy (non-hydrogen) atoms. The Hall–Kier alpha value is -3.48. The van der Waals surface area contributed by atoms with E-state index in [9.17, 15) is 9.59 Å². The van der Waals surface area contributed by atoms with E-state index in [1.54, 1.807) is 30.9 Å². The van der Waals surface area contributed by atoms with Gasteiger partial charge in [0, 0.05) is 42.8 Å². The van der Waals surface area contributed by atoms with Crippen LogP contribution in [0.2, 0.25) is 0 Å². The molecule has 0 unspecified atom stereocenters. The largest absolute Gasteiger partial charge is 0.348 e. The number of aromatic nitrogens is 3. The van der Waals surface area contributed by atoms with E-state index in [1.807, 2.05) is 29.0 Å². The predicted octanol–water partition coefficient (Wildman–Crippen LogP) is 2.08. The van der Waals surface area contributed by atoms with Crippen LogP contribution in [-0.2, 0) is 17.8 Å². The van der Waals surface area contributed by atoms with E-state index in [-0.39, 0.29) is 11.8 Å². The maximum atomic E-state index is 12.4. The number of nitrogens with zero attached hydrogens (tertiary/aromatic N) is 3. The number of rotatable bonds is 4. The second-order valence-electron chi connectivity index (χ2n) is 6.10. The summed E-state index contributed by atoms with van der Waals surface area (Å²) in [5.41, 5.74) is 3.27. The number of hydrogen-bond acceptors (Lipinski definition) is 4. The van der Waals surface area contributed by atoms with Gasteiger partial charge in [-0.25, -0.2) is 9.97 Å². The van der Waals surface area contributed by atoms with Gasteiger partial charge in [-0.1, -0.05) is 6.07 Å². The number of carbonyl (C=O) groups excluding carboxylic acids is 2. The second kappa shape index (κ2) is 6.79. The third kappa shape index (κ3) is 3.32. The van der Waals surface area contributed by atoms with Crippen molar-refractivity contribution < 1.29 is 9.59 Å². The van der Waals surface area contributed by atoms with E-state index in [2.05, 4.69) is 20.6 Å². The maximum Gasteiger partial charge on any atom is 0.251 e. The highest BCUT2D eigenvalue weighted by Gasteiger charge is 2.16. The number of nitrogens with one attached hydrogen (secondary N) is 2. The predicted molar refractivity (Wildman–Crippen MR) is 95.9 cm³/mol. The molecular formula is C19H17N5O2. The zero-order valence-corrected chi connectivity index (χ0v) is 14.0. The minimum Gasteiger partial charge on any atom is -0.348 e. The van der Waals surface area contributed by atoms with Gasteiger partial charge >= 0.3 is 0 Å². The summed E-state index contributed by atoms with van der Waals surface area (Å²) in [6.45, 7) is 0.393. The zero-order chi connectivity index (χ0) is 17.9. The molecule has 0 bridgehead atoms. The standard InChI is InChI=1S/C19H17N5O2/c25-18-6-3-14-9-15(2-4-16(14)23-18)19(26)22-11-13-1-5-17(21-10-13)24-8-7-20-12-24/h1-2,4-5,7-10,12H,3,6,11H2,(H,22,26)(H,23,25). The lowest BCUT2D eigenvalue weighted by Gasteiger charge is -2.17. The lowest BCUT2D eigenvalue weighted by Crippen LogP contribution is -2.24. The Morgan fingerprint density at radius 2 is 2.15 bits per heavy atom. The topological polar surface area (TPSA) is 88.9 Å². The zero-order valence-electron chi connectivity index (χ0n) is 14.0. The van der Waals surface area contributed by atoms with E-state index in [0.29, 0.717) is 24.9 Å². The number of imidazole rings is 1. The summed E-state index contributed by atoms with van der Waals surface area (Å²) in [5.74, 6) is 0.638. The number of hydrogen-bond donors (Lipinski definition) is 2. The van der Waals surface area contributed by atoms with Gasteiger partial charge in [-0.05, 0) is 41.8 Å². The third-order valence-electron chi connectivity index (χ3n) is 4.29. The van der Waals surface area contributed by atoms with Crippen LogP contribution < -0.4 is 10.6 Å². The monoisotopic (exact) mass is 347 g/mol. The van der Waals surface area contributed by atoms with Crippen LogP contribution in [0.1, 0.15) is 27.9 Å². The molecule has 0 aliphatic carbocycles. The number of anilines is 1. The van der Waals surface area contributed by atoms with Gasteiger partial charge in [0.1, 0.15) is 12.1 Å². The van der Waals surface area contributed by atoms with Crippen LogP contribution in [0.5, 0.6) is 0 Å². The minimum atomic E-state index is -0.150. The molecule has 0 radical (unpaired) electrons. The van der Waals surface area contributed by atoms with Crippen LogP contribution >= 0.6 is 0 Å². The Kier molecular flexibility index (Phi) is 4.18. The summed E-state index contributed by atoms with van der Waals surface area (Å²) < 4.78 is 1.81. The lowest BCUT2D eigenvalue weighted by molar-refractivity contribution is -0.116. The molecular weight excluding hydrogens is 330 g/mol. The van der Waals surface area contributed by atoms with Gasteiger partial charge in [0.25, 0.3) is 5.91 Å². The average molecular weight is 347 g/mol. The molecule has 0 saturated carbocycles. The van der Waals surface area contributed by atoms with Crippen LogP contribution in [0.3, 0.4) is 0 Å². The molecule has 2 amide bonds. The van der Waals surface area contributed by atoms with E-state index in [4.69, 9.17) is 0 Å². The molecule has 1 aliphatic rings. The van der Waals surface area contributed by atoms with Crippen molar-refractivity contribution in [2.24, 2.45) is 0 Å². The Balaban J connectivity index is 1.40. The number of fused-ring (bicyclic) bond motifs is 1. The van der Waals surface area contributed by atoms with Gasteiger partial charge in [0.05, 0.1) is 0 Å². The summed E-state index contributed by atoms with van der Waals surface area (Å²) in [4.78, 5) is 32.2. The van der Waals surface area contributed by atoms with E-state index in [0.717, 1.165) is 22.6 Å². The van der Waals surface area contributed by atoms with E-state index >= 15 is 0 Å². The fraction of sp³-hybridized carbons (Fsp3) is 0.158. The van der Waals surface area contributed by atoms with Gasteiger partial charge in [-0.3, -0.25) is 14.2 Å². The molecule has 130 valence electrons. The molecule has 4 rings (SSSR count). The van der Waals surface area contributed by atoms with Gasteiger partial charge in [0.2, 0.25) is 5.91 Å². The highest BCUT2D eigenvalue weighted by atomic mass is 16.2. The quantitative estimate of drug-likeness (QED) is 0.756. The smallest absolute Gasteiger partial charge is 0.251 e. The molecule has 0 saturated heterocycles. The number of amides is 2. The number of carbonyl (C=O) groups is 2. The van der Waals surface area contributed by atoms with E-state index < -0.39 is 0 Å². The van der Waals surface area contributed by atoms with Crippen molar-refractivity contribution in [1.29, 1.82) is 0 Å². The second-order valence-corrected chi connectivity index (χ2v) is 6.10. The maximum absolute atomic E-state index is 12.4. The summed E-state index contributed by atoms with van der Waals surface area (Å²) >= 11 is 0. The number of pyridine rings is 1. The van der Waals surface area contributed by atoms with Crippen molar-refractivity contribution in [2.75, 3.05) is 5.32 Å². The van der Waals surface area contributed by atoms with Crippen molar-refractivity contribution in [1.82, 2.24) is 19.9 Å². The molecule has 3 heterocycles. The third-order valence-corrected chi connectivity index (χ3v) is 4.29. The molecule has 7 heteroatoms. The Morgan fingerprint density at radius 1 is 1.23 bits per heavy atom. The van der Waals surface area contributed by atoms with Crippen LogP contribution in [0.15, 0.2) is 55.2 Å². The van der Waals surface area contributed by atoms with Crippen LogP contribution in [0.25, 0.3) is 5.82 Å². The summed E-state index contributed by atoms with van der Waals surface area (Å²) in [6, 6.07) is 9.14. The first-order valence-corrected chi connectivity index (χ1v) is 8.33. The van der Waals surface area contributed by atoms with Crippen molar-refractivity contribution in [3.63, 3.8) is 0 Å². The fourth-order valence-corrected chi connectivity index (χ4v) is 2.88. The normalized spacial score (nSPS) is 13.0. The number of aryl methyl sites for hydroxylation is 1. The van der Waals surface area contributed by atoms with Crippen molar-refractivity contribution in [3.8, 4) is 5.82 Å². The van der Waals surface area contributed by atoms with Crippen LogP contribution in [0.4, 0.5) is 5.69 Å². The van der Waals surface area contributed by atoms with E-state index in [1.165, 1.54) is 0 Å². The average Bonchev–Trinajstić information content (AvgIpc) is 3.21. The van der Waals surface area contributed by atoms with Gasteiger partial charge < -0.3 is 10.6 Å². The van der Waals surface area contributed by atoms with Crippen LogP contribution in [-0.4, -0.2) is 26.3 Å². The van der Waals surface area contributed by atoms with Crippen molar-refractivity contribution in [2.45, 2.75) is 19.4 Å². The van der Waals surface area contributed by atoms with Crippen molar-refractivity contribution in [3.05, 3.63) is 71.9 Å². The van der Waals surface area contributed by atoms with Gasteiger partial charge in [-0.2, -0.15) is 0 Å². The fourth-order valence-electron chi connectivity index (χ4n) is 2.88. The molecule has 1 aliphatic heterocycles. The molecule has 3 aromatic rings. The van der Waals surface area contributed by atoms with Crippen molar-refractivity contribution >= 4 is 17.5 Å². The highest BCUT2D eigenvalue weighted by molar-refractivity contribution is 5.97. The molecule has 1 aromatic carbocycles. The van der Waals surface area contributed by atoms with Crippen LogP contribution in [0, 0.1) is 0 Å². The SMILES string of the molecule is O=C1CCc2cc(C(=O)NCc3ccc(-n4ccnc4)nc3)ccc2N1. The highest BCUT2D eigenvalue weighted by Crippen LogP contribution is 2.23. The number of benzene rings is 1. The summed E-state index contributed by atoms with van der Waals surface area (Å²) in [7, 11) is 0. The molecule has 2 N–H and O–H groups in total. The van der Waals surface area contributed by atoms with Gasteiger partial charge in [0.15, 0.2) is 0 Å². The summed E-state index contributed by atoms with van der Waals surface area (Å²) in [5, 5.41) is 5.71. The molecule has 0 spiro atoms. The lowest BCUT2D eigenvalue weighted by atomic mass is 10.00. The Labute approximate surface area is 150 Å². The van der Waals surface area contributed by atoms with Gasteiger partial charge in [-0.15, -0.1) is 0 Å². The first-order chi connectivity index (χ1) is 12.7. The Bertz CT molecular complexity index is 949. The molecule has 7 nitrogen and oxygen atoms in total. The Morgan fingerprint density at radius 3 is 2.92 bits per heavy atom. The summed E-state index contributed by atoms with van der Waals surface area (Å²) in [6.07, 6.45) is 8.04. The minimum absolute atomic E-state index is 0.0151. The first-order valence-electron chi connectivity index (χ1n) is 8.33. The molecule has 0 atom stereocenters. The first kappa shape index (κ1) is 16.0.